The molecule has 0 aromatic carbocycles. The third kappa shape index (κ3) is 8.84. The number of amides is 2. The van der Waals surface area contributed by atoms with Crippen molar-refractivity contribution in [2.24, 2.45) is 0 Å². The maximum Gasteiger partial charge on any atom is 0.315 e. The van der Waals surface area contributed by atoms with Crippen LogP contribution in [0.2, 0.25) is 0 Å². The number of hydrogen-bond donors (Lipinski definition) is 2. The summed E-state index contributed by atoms with van der Waals surface area (Å²) in [6, 6.07) is -0.125. The Bertz CT molecular complexity index is 210. The van der Waals surface area contributed by atoms with Gasteiger partial charge in [-0.15, -0.1) is 0 Å². The first-order valence-electron chi connectivity index (χ1n) is 4.81. The largest absolute Gasteiger partial charge is 0.335 e. The fourth-order valence-electron chi connectivity index (χ4n) is 0.758. The van der Waals surface area contributed by atoms with Crippen LogP contribution in [0, 0.1) is 0 Å². The molecule has 3 heteroatoms. The van der Waals surface area contributed by atoms with E-state index in [9.17, 15) is 4.79 Å². The average Bonchev–Trinajstić information content (AvgIpc) is 2.02. The molecule has 0 saturated heterocycles. The van der Waals surface area contributed by atoms with Crippen molar-refractivity contribution in [2.75, 3.05) is 13.1 Å². The van der Waals surface area contributed by atoms with Gasteiger partial charge in [0.2, 0.25) is 0 Å². The van der Waals surface area contributed by atoms with Crippen LogP contribution in [-0.4, -0.2) is 19.1 Å². The predicted octanol–water partition coefficient (Wildman–Crippen LogP) is 2.22. The number of carbonyl (C=O) groups excluding carboxylic acids is 1. The molecule has 0 aliphatic carbocycles. The van der Waals surface area contributed by atoms with Gasteiger partial charge in [-0.1, -0.05) is 23.3 Å². The lowest BCUT2D eigenvalue weighted by atomic mass is 10.3. The maximum absolute atomic E-state index is 11.1. The van der Waals surface area contributed by atoms with Crippen LogP contribution in [0.5, 0.6) is 0 Å². The molecule has 0 atom stereocenters. The van der Waals surface area contributed by atoms with E-state index in [1.54, 1.807) is 0 Å². The third-order valence-electron chi connectivity index (χ3n) is 1.55. The zero-order chi connectivity index (χ0) is 11.0. The lowest BCUT2D eigenvalue weighted by molar-refractivity contribution is 0.243. The number of urea groups is 1. The highest BCUT2D eigenvalue weighted by Crippen LogP contribution is 1.86. The van der Waals surface area contributed by atoms with Crippen LogP contribution < -0.4 is 10.6 Å². The van der Waals surface area contributed by atoms with Gasteiger partial charge in [0.25, 0.3) is 0 Å². The highest BCUT2D eigenvalue weighted by Gasteiger charge is 1.94. The van der Waals surface area contributed by atoms with Crippen LogP contribution in [0.1, 0.15) is 27.7 Å². The summed E-state index contributed by atoms with van der Waals surface area (Å²) in [5.74, 6) is 0. The van der Waals surface area contributed by atoms with Gasteiger partial charge >= 0.3 is 6.03 Å². The van der Waals surface area contributed by atoms with Gasteiger partial charge in [-0.25, -0.2) is 4.79 Å². The van der Waals surface area contributed by atoms with Gasteiger partial charge < -0.3 is 10.6 Å². The van der Waals surface area contributed by atoms with Crippen molar-refractivity contribution in [3.63, 3.8) is 0 Å². The van der Waals surface area contributed by atoms with Gasteiger partial charge in [-0.3, -0.25) is 0 Å². The SMILES string of the molecule is CC(C)=CCNC(=O)NCC=C(C)C. The molecule has 0 saturated carbocycles. The Morgan fingerprint density at radius 1 is 0.929 bits per heavy atom. The predicted molar refractivity (Wildman–Crippen MR) is 60.3 cm³/mol. The molecule has 0 aliphatic rings. The first-order valence-corrected chi connectivity index (χ1v) is 4.81. The molecule has 0 aromatic heterocycles. The zero-order valence-corrected chi connectivity index (χ0v) is 9.48. The minimum atomic E-state index is -0.125. The monoisotopic (exact) mass is 196 g/mol. The van der Waals surface area contributed by atoms with E-state index in [-0.39, 0.29) is 6.03 Å². The Morgan fingerprint density at radius 3 is 1.57 bits per heavy atom. The standard InChI is InChI=1S/C11H20N2O/c1-9(2)5-7-12-11(14)13-8-6-10(3)4/h5-6H,7-8H2,1-4H3,(H2,12,13,14). The molecule has 0 radical (unpaired) electrons. The van der Waals surface area contributed by atoms with Crippen molar-refractivity contribution in [2.45, 2.75) is 27.7 Å². The van der Waals surface area contributed by atoms with Crippen molar-refractivity contribution in [1.82, 2.24) is 10.6 Å². The quantitative estimate of drug-likeness (QED) is 0.665. The fraction of sp³-hybridized carbons (Fsp3) is 0.545. The molecule has 2 N–H and O–H groups in total. The minimum absolute atomic E-state index is 0.125. The van der Waals surface area contributed by atoms with E-state index in [2.05, 4.69) is 10.6 Å². The topological polar surface area (TPSA) is 41.1 Å². The first-order chi connectivity index (χ1) is 6.52. The zero-order valence-electron chi connectivity index (χ0n) is 9.48. The summed E-state index contributed by atoms with van der Waals surface area (Å²) in [6.07, 6.45) is 3.95. The first kappa shape index (κ1) is 12.8. The normalized spacial score (nSPS) is 8.86. The Labute approximate surface area is 86.3 Å². The second-order valence-corrected chi connectivity index (χ2v) is 3.65. The molecule has 80 valence electrons. The van der Waals surface area contributed by atoms with E-state index < -0.39 is 0 Å². The number of hydrogen-bond acceptors (Lipinski definition) is 1. The molecule has 0 bridgehead atoms. The van der Waals surface area contributed by atoms with Crippen molar-refractivity contribution in [3.05, 3.63) is 23.3 Å². The minimum Gasteiger partial charge on any atom is -0.335 e. The summed E-state index contributed by atoms with van der Waals surface area (Å²) in [5.41, 5.74) is 2.41. The average molecular weight is 196 g/mol. The molecule has 0 rings (SSSR count). The van der Waals surface area contributed by atoms with E-state index >= 15 is 0 Å². The lowest BCUT2D eigenvalue weighted by Crippen LogP contribution is -2.35. The van der Waals surface area contributed by atoms with Gasteiger partial charge in [-0.05, 0) is 27.7 Å². The Morgan fingerprint density at radius 2 is 1.29 bits per heavy atom. The molecule has 0 aliphatic heterocycles. The molecule has 14 heavy (non-hydrogen) atoms. The summed E-state index contributed by atoms with van der Waals surface area (Å²) < 4.78 is 0. The van der Waals surface area contributed by atoms with E-state index in [1.165, 1.54) is 11.1 Å². The van der Waals surface area contributed by atoms with Crippen molar-refractivity contribution in [3.8, 4) is 0 Å². The van der Waals surface area contributed by atoms with E-state index in [4.69, 9.17) is 0 Å². The summed E-state index contributed by atoms with van der Waals surface area (Å²) in [6.45, 7) is 9.18. The summed E-state index contributed by atoms with van der Waals surface area (Å²) >= 11 is 0. The Balaban J connectivity index is 3.57. The molecule has 0 fully saturated rings. The molecule has 0 heterocycles. The third-order valence-corrected chi connectivity index (χ3v) is 1.55. The highest BCUT2D eigenvalue weighted by atomic mass is 16.2. The summed E-state index contributed by atoms with van der Waals surface area (Å²) in [4.78, 5) is 11.1. The van der Waals surface area contributed by atoms with Crippen molar-refractivity contribution in [1.29, 1.82) is 0 Å². The molecular formula is C11H20N2O. The number of carbonyl (C=O) groups is 1. The van der Waals surface area contributed by atoms with Crippen LogP contribution in [0.25, 0.3) is 0 Å². The summed E-state index contributed by atoms with van der Waals surface area (Å²) in [7, 11) is 0. The smallest absolute Gasteiger partial charge is 0.315 e. The second-order valence-electron chi connectivity index (χ2n) is 3.65. The van der Waals surface area contributed by atoms with Crippen molar-refractivity contribution < 1.29 is 4.79 Å². The van der Waals surface area contributed by atoms with Gasteiger partial charge in [0.05, 0.1) is 0 Å². The molecule has 3 nitrogen and oxygen atoms in total. The molecule has 0 spiro atoms. The molecule has 2 amide bonds. The maximum atomic E-state index is 11.1. The summed E-state index contributed by atoms with van der Waals surface area (Å²) in [5, 5.41) is 5.46. The van der Waals surface area contributed by atoms with Crippen LogP contribution in [-0.2, 0) is 0 Å². The van der Waals surface area contributed by atoms with Crippen LogP contribution in [0.3, 0.4) is 0 Å². The van der Waals surface area contributed by atoms with Crippen molar-refractivity contribution >= 4 is 6.03 Å². The van der Waals surface area contributed by atoms with Gasteiger partial charge in [0.1, 0.15) is 0 Å². The van der Waals surface area contributed by atoms with E-state index in [0.29, 0.717) is 13.1 Å². The van der Waals surface area contributed by atoms with Crippen LogP contribution >= 0.6 is 0 Å². The van der Waals surface area contributed by atoms with Gasteiger partial charge in [0, 0.05) is 13.1 Å². The second kappa shape index (κ2) is 7.18. The van der Waals surface area contributed by atoms with Gasteiger partial charge in [-0.2, -0.15) is 0 Å². The fourth-order valence-corrected chi connectivity index (χ4v) is 0.758. The lowest BCUT2D eigenvalue weighted by Gasteiger charge is -2.03. The van der Waals surface area contributed by atoms with Crippen LogP contribution in [0.15, 0.2) is 23.3 Å². The highest BCUT2D eigenvalue weighted by molar-refractivity contribution is 5.74. The Hall–Kier alpha value is -1.25. The van der Waals surface area contributed by atoms with E-state index in [1.807, 2.05) is 39.8 Å². The number of nitrogens with one attached hydrogen (secondary N) is 2. The number of rotatable bonds is 4. The molecular weight excluding hydrogens is 176 g/mol. The molecule has 0 aromatic rings. The molecule has 0 unspecified atom stereocenters. The number of allylic oxidation sites excluding steroid dienone is 2. The van der Waals surface area contributed by atoms with Crippen LogP contribution in [0.4, 0.5) is 4.79 Å². The van der Waals surface area contributed by atoms with E-state index in [0.717, 1.165) is 0 Å². The van der Waals surface area contributed by atoms with Gasteiger partial charge in [0.15, 0.2) is 0 Å². The Kier molecular flexibility index (Phi) is 6.54.